The third-order valence-electron chi connectivity index (χ3n) is 2.03. The molecule has 0 saturated heterocycles. The van der Waals surface area contributed by atoms with Gasteiger partial charge in [0.05, 0.1) is 0 Å². The normalized spacial score (nSPS) is 10.7. The Hall–Kier alpha value is -1.55. The molecule has 0 bridgehead atoms. The van der Waals surface area contributed by atoms with Gasteiger partial charge in [-0.15, -0.1) is 0 Å². The minimum Gasteiger partial charge on any atom is -0.449 e. The fourth-order valence-corrected chi connectivity index (χ4v) is 1.30. The molecule has 0 aliphatic carbocycles. The van der Waals surface area contributed by atoms with Gasteiger partial charge in [0.2, 0.25) is 0 Å². The highest BCUT2D eigenvalue weighted by Gasteiger charge is 2.04. The zero-order valence-corrected chi connectivity index (χ0v) is 8.69. The number of hydrogen-bond donors (Lipinski definition) is 1. The summed E-state index contributed by atoms with van der Waals surface area (Å²) in [4.78, 5) is 4.19. The van der Waals surface area contributed by atoms with E-state index >= 15 is 0 Å². The van der Waals surface area contributed by atoms with E-state index in [0.717, 1.165) is 24.2 Å². The summed E-state index contributed by atoms with van der Waals surface area (Å²) >= 11 is 0. The largest absolute Gasteiger partial charge is 0.449 e. The first-order valence-corrected chi connectivity index (χ1v) is 5.09. The van der Waals surface area contributed by atoms with Gasteiger partial charge in [-0.2, -0.15) is 4.98 Å². The van der Waals surface area contributed by atoms with Gasteiger partial charge < -0.3 is 14.5 Å². The van der Waals surface area contributed by atoms with Gasteiger partial charge in [0.15, 0.2) is 5.58 Å². The molecule has 4 heteroatoms. The smallest absolute Gasteiger partial charge is 0.394 e. The number of oxazole rings is 1. The van der Waals surface area contributed by atoms with Crippen molar-refractivity contribution in [3.8, 4) is 6.08 Å². The van der Waals surface area contributed by atoms with E-state index in [1.807, 2.05) is 24.3 Å². The highest BCUT2D eigenvalue weighted by Crippen LogP contribution is 2.19. The summed E-state index contributed by atoms with van der Waals surface area (Å²) in [6, 6.07) is 7.61. The highest BCUT2D eigenvalue weighted by molar-refractivity contribution is 5.72. The lowest BCUT2D eigenvalue weighted by Crippen LogP contribution is -2.20. The molecule has 4 nitrogen and oxygen atoms in total. The minimum absolute atomic E-state index is 0.342. The summed E-state index contributed by atoms with van der Waals surface area (Å²) in [6.45, 7) is 4.37. The second-order valence-corrected chi connectivity index (χ2v) is 3.15. The lowest BCUT2D eigenvalue weighted by atomic mass is 10.3. The van der Waals surface area contributed by atoms with E-state index in [2.05, 4.69) is 17.2 Å². The fraction of sp³-hybridized carbons (Fsp3) is 0.364. The molecule has 0 unspecified atom stereocenters. The first kappa shape index (κ1) is 9.98. The molecule has 0 radical (unpaired) electrons. The lowest BCUT2D eigenvalue weighted by Gasteiger charge is -2.00. The third-order valence-corrected chi connectivity index (χ3v) is 2.03. The van der Waals surface area contributed by atoms with Crippen molar-refractivity contribution in [1.82, 2.24) is 10.3 Å². The number of likely N-dealkylation sites (N-methyl/N-ethyl adjacent to an activating group) is 1. The topological polar surface area (TPSA) is 47.3 Å². The van der Waals surface area contributed by atoms with Crippen LogP contribution in [0, 0.1) is 0 Å². The van der Waals surface area contributed by atoms with E-state index in [9.17, 15) is 0 Å². The Morgan fingerprint density at radius 2 is 2.27 bits per heavy atom. The standard InChI is InChI=1S/C11H14N2O2/c1-2-12-7-8-14-11-13-9-5-3-4-6-10(9)15-11/h3-6,12H,2,7-8H2,1H3. The maximum atomic E-state index is 5.39. The van der Waals surface area contributed by atoms with E-state index in [1.165, 1.54) is 0 Å². The first-order valence-electron chi connectivity index (χ1n) is 5.09. The van der Waals surface area contributed by atoms with Crippen molar-refractivity contribution < 1.29 is 9.15 Å². The van der Waals surface area contributed by atoms with E-state index in [4.69, 9.17) is 9.15 Å². The van der Waals surface area contributed by atoms with Crippen LogP contribution in [0.4, 0.5) is 0 Å². The Morgan fingerprint density at radius 3 is 3.07 bits per heavy atom. The van der Waals surface area contributed by atoms with Crippen LogP contribution in [0.15, 0.2) is 28.7 Å². The maximum absolute atomic E-state index is 5.39. The summed E-state index contributed by atoms with van der Waals surface area (Å²) in [6.07, 6.45) is 0.342. The van der Waals surface area contributed by atoms with E-state index in [1.54, 1.807) is 0 Å². The van der Waals surface area contributed by atoms with Crippen LogP contribution < -0.4 is 10.1 Å². The SMILES string of the molecule is CCNCCOc1nc2ccccc2o1. The zero-order chi connectivity index (χ0) is 10.5. The average Bonchev–Trinajstić information content (AvgIpc) is 2.67. The second-order valence-electron chi connectivity index (χ2n) is 3.15. The summed E-state index contributed by atoms with van der Waals surface area (Å²) in [5.74, 6) is 0. The van der Waals surface area contributed by atoms with Gasteiger partial charge in [-0.05, 0) is 18.7 Å². The van der Waals surface area contributed by atoms with Gasteiger partial charge in [-0.1, -0.05) is 19.1 Å². The molecule has 0 saturated carbocycles. The van der Waals surface area contributed by atoms with Crippen molar-refractivity contribution in [1.29, 1.82) is 0 Å². The van der Waals surface area contributed by atoms with E-state index < -0.39 is 0 Å². The molecule has 1 heterocycles. The van der Waals surface area contributed by atoms with Crippen molar-refractivity contribution in [2.24, 2.45) is 0 Å². The van der Waals surface area contributed by atoms with Crippen molar-refractivity contribution in [2.45, 2.75) is 6.92 Å². The highest BCUT2D eigenvalue weighted by atomic mass is 16.6. The average molecular weight is 206 g/mol. The molecule has 80 valence electrons. The quantitative estimate of drug-likeness (QED) is 0.758. The number of hydrogen-bond acceptors (Lipinski definition) is 4. The zero-order valence-electron chi connectivity index (χ0n) is 8.69. The second kappa shape index (κ2) is 4.79. The van der Waals surface area contributed by atoms with E-state index in [0.29, 0.717) is 12.7 Å². The third kappa shape index (κ3) is 2.47. The van der Waals surface area contributed by atoms with Gasteiger partial charge in [0, 0.05) is 6.54 Å². The lowest BCUT2D eigenvalue weighted by molar-refractivity contribution is 0.237. The molecular weight excluding hydrogens is 192 g/mol. The van der Waals surface area contributed by atoms with Gasteiger partial charge in [0.1, 0.15) is 12.1 Å². The predicted octanol–water partition coefficient (Wildman–Crippen LogP) is 1.82. The number of nitrogens with zero attached hydrogens (tertiary/aromatic N) is 1. The molecule has 2 rings (SSSR count). The van der Waals surface area contributed by atoms with Crippen LogP contribution in [0.2, 0.25) is 0 Å². The van der Waals surface area contributed by atoms with E-state index in [-0.39, 0.29) is 0 Å². The molecule has 0 fully saturated rings. The van der Waals surface area contributed by atoms with Crippen LogP contribution in [0.5, 0.6) is 6.08 Å². The minimum atomic E-state index is 0.342. The van der Waals surface area contributed by atoms with Crippen LogP contribution in [0.1, 0.15) is 6.92 Å². The number of benzene rings is 1. The molecule has 0 aliphatic rings. The first-order chi connectivity index (χ1) is 7.40. The molecule has 0 atom stereocenters. The molecule has 1 aromatic carbocycles. The summed E-state index contributed by atoms with van der Waals surface area (Å²) in [7, 11) is 0. The number of rotatable bonds is 5. The van der Waals surface area contributed by atoms with Gasteiger partial charge in [-0.25, -0.2) is 0 Å². The van der Waals surface area contributed by atoms with Crippen LogP contribution in [-0.4, -0.2) is 24.7 Å². The van der Waals surface area contributed by atoms with Crippen molar-refractivity contribution in [3.05, 3.63) is 24.3 Å². The Kier molecular flexibility index (Phi) is 3.19. The van der Waals surface area contributed by atoms with Crippen molar-refractivity contribution in [2.75, 3.05) is 19.7 Å². The Morgan fingerprint density at radius 1 is 1.40 bits per heavy atom. The van der Waals surface area contributed by atoms with Crippen LogP contribution in [-0.2, 0) is 0 Å². The number of ether oxygens (including phenoxy) is 1. The Balaban J connectivity index is 1.97. The molecule has 2 aromatic rings. The van der Waals surface area contributed by atoms with Gasteiger partial charge in [-0.3, -0.25) is 0 Å². The maximum Gasteiger partial charge on any atom is 0.394 e. The van der Waals surface area contributed by atoms with Crippen LogP contribution >= 0.6 is 0 Å². The Labute approximate surface area is 88.3 Å². The van der Waals surface area contributed by atoms with Gasteiger partial charge >= 0.3 is 6.08 Å². The predicted molar refractivity (Wildman–Crippen MR) is 58.0 cm³/mol. The summed E-state index contributed by atoms with van der Waals surface area (Å²) in [5, 5.41) is 3.16. The summed E-state index contributed by atoms with van der Waals surface area (Å²) < 4.78 is 10.7. The fourth-order valence-electron chi connectivity index (χ4n) is 1.30. The van der Waals surface area contributed by atoms with Crippen LogP contribution in [0.25, 0.3) is 11.1 Å². The Bertz CT molecular complexity index is 392. The monoisotopic (exact) mass is 206 g/mol. The molecule has 1 aromatic heterocycles. The van der Waals surface area contributed by atoms with Gasteiger partial charge in [0.25, 0.3) is 0 Å². The number of para-hydroxylation sites is 2. The molecule has 15 heavy (non-hydrogen) atoms. The van der Waals surface area contributed by atoms with Crippen molar-refractivity contribution in [3.63, 3.8) is 0 Å². The van der Waals surface area contributed by atoms with Crippen LogP contribution in [0.3, 0.4) is 0 Å². The number of fused-ring (bicyclic) bond motifs is 1. The molecule has 0 aliphatic heterocycles. The molecule has 0 amide bonds. The number of aromatic nitrogens is 1. The summed E-state index contributed by atoms with van der Waals surface area (Å²) in [5.41, 5.74) is 1.59. The molecular formula is C11H14N2O2. The molecule has 0 spiro atoms. The number of nitrogens with one attached hydrogen (secondary N) is 1. The molecule has 1 N–H and O–H groups in total. The van der Waals surface area contributed by atoms with Crippen molar-refractivity contribution >= 4 is 11.1 Å².